The van der Waals surface area contributed by atoms with Crippen LogP contribution in [0.5, 0.6) is 17.2 Å². The van der Waals surface area contributed by atoms with E-state index in [1.54, 1.807) is 31.4 Å². The van der Waals surface area contributed by atoms with Crippen molar-refractivity contribution in [2.75, 3.05) is 7.11 Å². The summed E-state index contributed by atoms with van der Waals surface area (Å²) >= 11 is 5.99. The number of carbonyl (C=O) groups excluding carboxylic acids is 1. The molecule has 1 amide bonds. The van der Waals surface area contributed by atoms with Gasteiger partial charge in [-0.2, -0.15) is 5.10 Å². The number of methoxy groups -OCH3 is 1. The largest absolute Gasteiger partial charge is 0.508 e. The third-order valence-electron chi connectivity index (χ3n) is 3.98. The maximum Gasteiger partial charge on any atom is 0.271 e. The summed E-state index contributed by atoms with van der Waals surface area (Å²) < 4.78 is 11.2. The molecule has 7 heteroatoms. The van der Waals surface area contributed by atoms with Crippen molar-refractivity contribution in [1.82, 2.24) is 5.43 Å². The smallest absolute Gasteiger partial charge is 0.271 e. The predicted molar refractivity (Wildman–Crippen MR) is 112 cm³/mol. The Bertz CT molecular complexity index is 1020. The molecule has 3 aromatic rings. The summed E-state index contributed by atoms with van der Waals surface area (Å²) in [7, 11) is 1.55. The molecule has 0 aliphatic carbocycles. The fourth-order valence-electron chi connectivity index (χ4n) is 2.51. The highest BCUT2D eigenvalue weighted by Crippen LogP contribution is 2.28. The fraction of sp³-hybridized carbons (Fsp3) is 0.0909. The molecule has 6 nitrogen and oxygen atoms in total. The summed E-state index contributed by atoms with van der Waals surface area (Å²) in [5, 5.41) is 13.9. The molecule has 2 N–H and O–H groups in total. The lowest BCUT2D eigenvalue weighted by Gasteiger charge is -2.11. The van der Waals surface area contributed by atoms with Crippen LogP contribution in [0.4, 0.5) is 0 Å². The number of halogens is 1. The molecule has 0 aromatic heterocycles. The summed E-state index contributed by atoms with van der Waals surface area (Å²) in [6.45, 7) is 0.354. The van der Waals surface area contributed by atoms with Gasteiger partial charge in [0.1, 0.15) is 12.4 Å². The fourth-order valence-corrected chi connectivity index (χ4v) is 2.73. The first-order valence-electron chi connectivity index (χ1n) is 8.73. The normalized spacial score (nSPS) is 10.7. The minimum atomic E-state index is -0.380. The van der Waals surface area contributed by atoms with Gasteiger partial charge in [0, 0.05) is 10.6 Å². The molecule has 0 unspecified atom stereocenters. The van der Waals surface area contributed by atoms with Gasteiger partial charge in [0.15, 0.2) is 11.5 Å². The lowest BCUT2D eigenvalue weighted by atomic mass is 10.2. The Labute approximate surface area is 173 Å². The van der Waals surface area contributed by atoms with Crippen molar-refractivity contribution in [2.24, 2.45) is 5.10 Å². The molecule has 0 aliphatic heterocycles. The number of hydrazone groups is 1. The average Bonchev–Trinajstić information content (AvgIpc) is 2.73. The number of phenolic OH excluding ortho intramolecular Hbond substituents is 1. The minimum Gasteiger partial charge on any atom is -0.508 e. The molecule has 3 aromatic carbocycles. The van der Waals surface area contributed by atoms with Gasteiger partial charge < -0.3 is 14.6 Å². The average molecular weight is 411 g/mol. The second-order valence-corrected chi connectivity index (χ2v) is 6.51. The van der Waals surface area contributed by atoms with Crippen LogP contribution >= 0.6 is 11.6 Å². The maximum absolute atomic E-state index is 12.0. The number of rotatable bonds is 7. The quantitative estimate of drug-likeness (QED) is 0.447. The van der Waals surface area contributed by atoms with E-state index >= 15 is 0 Å². The highest BCUT2D eigenvalue weighted by Gasteiger charge is 2.07. The maximum atomic E-state index is 12.0. The van der Waals surface area contributed by atoms with Gasteiger partial charge in [0.25, 0.3) is 5.91 Å². The Morgan fingerprint density at radius 3 is 2.62 bits per heavy atom. The van der Waals surface area contributed by atoms with Crippen LogP contribution in [0.2, 0.25) is 5.02 Å². The minimum absolute atomic E-state index is 0.0924. The SMILES string of the molecule is COc1cc(/C=N\NC(=O)c2ccc(O)cc2)ccc1OCc1cccc(Cl)c1. The van der Waals surface area contributed by atoms with E-state index in [2.05, 4.69) is 10.5 Å². The molecule has 29 heavy (non-hydrogen) atoms. The van der Waals surface area contributed by atoms with Crippen molar-refractivity contribution >= 4 is 23.7 Å². The van der Waals surface area contributed by atoms with Gasteiger partial charge in [-0.15, -0.1) is 0 Å². The number of amides is 1. The molecule has 0 saturated heterocycles. The molecule has 0 atom stereocenters. The zero-order valence-electron chi connectivity index (χ0n) is 15.6. The highest BCUT2D eigenvalue weighted by molar-refractivity contribution is 6.30. The van der Waals surface area contributed by atoms with Gasteiger partial charge in [-0.1, -0.05) is 23.7 Å². The van der Waals surface area contributed by atoms with Gasteiger partial charge in [-0.05, 0) is 65.7 Å². The molecule has 0 radical (unpaired) electrons. The van der Waals surface area contributed by atoms with E-state index in [4.69, 9.17) is 21.1 Å². The van der Waals surface area contributed by atoms with Crippen LogP contribution in [0.25, 0.3) is 0 Å². The molecule has 0 heterocycles. The van der Waals surface area contributed by atoms with E-state index in [1.807, 2.05) is 18.2 Å². The summed E-state index contributed by atoms with van der Waals surface area (Å²) in [4.78, 5) is 12.0. The first-order chi connectivity index (χ1) is 14.0. The number of benzene rings is 3. The number of aromatic hydroxyl groups is 1. The molecule has 0 bridgehead atoms. The van der Waals surface area contributed by atoms with E-state index in [9.17, 15) is 9.90 Å². The van der Waals surface area contributed by atoms with Crippen molar-refractivity contribution in [2.45, 2.75) is 6.61 Å². The first kappa shape index (κ1) is 20.2. The third kappa shape index (κ3) is 5.73. The van der Waals surface area contributed by atoms with Crippen LogP contribution in [0, 0.1) is 0 Å². The van der Waals surface area contributed by atoms with E-state index in [0.29, 0.717) is 28.7 Å². The molecule has 0 saturated carbocycles. The van der Waals surface area contributed by atoms with E-state index in [-0.39, 0.29) is 11.7 Å². The predicted octanol–water partition coefficient (Wildman–Crippen LogP) is 4.40. The van der Waals surface area contributed by atoms with Crippen molar-refractivity contribution in [3.63, 3.8) is 0 Å². The second-order valence-electron chi connectivity index (χ2n) is 6.07. The molecule has 0 fully saturated rings. The summed E-state index contributed by atoms with van der Waals surface area (Å²) in [5.41, 5.74) is 4.50. The lowest BCUT2D eigenvalue weighted by Crippen LogP contribution is -2.17. The van der Waals surface area contributed by atoms with E-state index in [0.717, 1.165) is 11.1 Å². The Morgan fingerprint density at radius 2 is 1.90 bits per heavy atom. The van der Waals surface area contributed by atoms with Gasteiger partial charge in [0.2, 0.25) is 0 Å². The Hall–Kier alpha value is -3.51. The molecule has 0 aliphatic rings. The number of carbonyl (C=O) groups is 1. The zero-order chi connectivity index (χ0) is 20.6. The molecule has 148 valence electrons. The van der Waals surface area contributed by atoms with E-state index in [1.165, 1.54) is 30.5 Å². The van der Waals surface area contributed by atoms with Crippen LogP contribution in [0.1, 0.15) is 21.5 Å². The molecule has 3 rings (SSSR count). The monoisotopic (exact) mass is 410 g/mol. The Morgan fingerprint density at radius 1 is 1.10 bits per heavy atom. The number of hydrogen-bond acceptors (Lipinski definition) is 5. The van der Waals surface area contributed by atoms with Crippen molar-refractivity contribution in [1.29, 1.82) is 0 Å². The molecule has 0 spiro atoms. The lowest BCUT2D eigenvalue weighted by molar-refractivity contribution is 0.0955. The van der Waals surface area contributed by atoms with Crippen LogP contribution in [0.3, 0.4) is 0 Å². The number of nitrogens with zero attached hydrogens (tertiary/aromatic N) is 1. The van der Waals surface area contributed by atoms with Crippen LogP contribution in [-0.2, 0) is 6.61 Å². The number of hydrogen-bond donors (Lipinski definition) is 2. The molecular weight excluding hydrogens is 392 g/mol. The van der Waals surface area contributed by atoms with Gasteiger partial charge >= 0.3 is 0 Å². The molecular formula is C22H19ClN2O4. The summed E-state index contributed by atoms with van der Waals surface area (Å²) in [5.74, 6) is 0.836. The van der Waals surface area contributed by atoms with Crippen molar-refractivity contribution in [3.05, 3.63) is 88.4 Å². The first-order valence-corrected chi connectivity index (χ1v) is 9.10. The van der Waals surface area contributed by atoms with Crippen LogP contribution in [0.15, 0.2) is 71.8 Å². The van der Waals surface area contributed by atoms with Crippen molar-refractivity contribution in [3.8, 4) is 17.2 Å². The van der Waals surface area contributed by atoms with Gasteiger partial charge in [0.05, 0.1) is 13.3 Å². The topological polar surface area (TPSA) is 80.2 Å². The standard InChI is InChI=1S/C22H19ClN2O4/c1-28-21-12-15(13-24-25-22(27)17-6-8-19(26)9-7-17)5-10-20(21)29-14-16-3-2-4-18(23)11-16/h2-13,26H,14H2,1H3,(H,25,27)/b24-13-. The van der Waals surface area contributed by atoms with Crippen LogP contribution < -0.4 is 14.9 Å². The van der Waals surface area contributed by atoms with E-state index < -0.39 is 0 Å². The number of nitrogens with one attached hydrogen (secondary N) is 1. The zero-order valence-corrected chi connectivity index (χ0v) is 16.4. The third-order valence-corrected chi connectivity index (χ3v) is 4.22. The van der Waals surface area contributed by atoms with Crippen LogP contribution in [-0.4, -0.2) is 24.3 Å². The Balaban J connectivity index is 1.62. The van der Waals surface area contributed by atoms with Crippen molar-refractivity contribution < 1.29 is 19.4 Å². The second kappa shape index (κ2) is 9.61. The Kier molecular flexibility index (Phi) is 6.71. The van der Waals surface area contributed by atoms with Gasteiger partial charge in [-0.3, -0.25) is 4.79 Å². The number of phenols is 1. The summed E-state index contributed by atoms with van der Waals surface area (Å²) in [6.07, 6.45) is 1.50. The number of ether oxygens (including phenoxy) is 2. The highest BCUT2D eigenvalue weighted by atomic mass is 35.5. The van der Waals surface area contributed by atoms with Gasteiger partial charge in [-0.25, -0.2) is 5.43 Å². The summed E-state index contributed by atoms with van der Waals surface area (Å²) in [6, 6.07) is 18.6.